The first-order valence-corrected chi connectivity index (χ1v) is 9.62. The number of pyridine rings is 1. The summed E-state index contributed by atoms with van der Waals surface area (Å²) in [5, 5.41) is 6.34. The Morgan fingerprint density at radius 2 is 1.97 bits per heavy atom. The lowest BCUT2D eigenvalue weighted by Gasteiger charge is -2.14. The number of rotatable bonds is 6. The zero-order chi connectivity index (χ0) is 20.2. The number of aromatic nitrogens is 1. The van der Waals surface area contributed by atoms with Gasteiger partial charge in [-0.1, -0.05) is 31.2 Å². The third kappa shape index (κ3) is 4.16. The van der Waals surface area contributed by atoms with E-state index in [1.165, 1.54) is 5.56 Å². The van der Waals surface area contributed by atoms with Crippen LogP contribution < -0.4 is 20.1 Å². The molecule has 3 aromatic rings. The molecule has 4 rings (SSSR count). The summed E-state index contributed by atoms with van der Waals surface area (Å²) in [7, 11) is 0. The minimum atomic E-state index is -0.230. The van der Waals surface area contributed by atoms with Crippen molar-refractivity contribution in [1.29, 1.82) is 0 Å². The van der Waals surface area contributed by atoms with Gasteiger partial charge in [0.2, 0.25) is 6.79 Å². The van der Waals surface area contributed by atoms with Crippen molar-refractivity contribution < 1.29 is 14.3 Å². The molecule has 2 N–H and O–H groups in total. The van der Waals surface area contributed by atoms with Gasteiger partial charge in [0.15, 0.2) is 11.5 Å². The Kier molecular flexibility index (Phi) is 5.33. The molecule has 6 nitrogen and oxygen atoms in total. The van der Waals surface area contributed by atoms with Crippen molar-refractivity contribution in [3.05, 3.63) is 77.1 Å². The van der Waals surface area contributed by atoms with Crippen LogP contribution in [-0.2, 0) is 13.0 Å². The van der Waals surface area contributed by atoms with Crippen LogP contribution in [0.4, 0.5) is 11.4 Å². The van der Waals surface area contributed by atoms with Gasteiger partial charge in [0.25, 0.3) is 5.91 Å². The fourth-order valence-electron chi connectivity index (χ4n) is 3.30. The molecular weight excluding hydrogens is 366 g/mol. The van der Waals surface area contributed by atoms with Gasteiger partial charge in [-0.25, -0.2) is 0 Å². The standard InChI is InChI=1S/C23H23N3O3/c1-3-17-6-4-5-15(2)22(17)26-18-9-10-24-19(12-18)23(27)25-13-16-7-8-20-21(11-16)29-14-28-20/h4-12H,3,13-14H2,1-2H3,(H,24,26)(H,25,27). The summed E-state index contributed by atoms with van der Waals surface area (Å²) < 4.78 is 10.7. The first-order valence-electron chi connectivity index (χ1n) is 9.62. The Morgan fingerprint density at radius 1 is 1.10 bits per heavy atom. The average molecular weight is 389 g/mol. The topological polar surface area (TPSA) is 72.5 Å². The SMILES string of the molecule is CCc1cccc(C)c1Nc1ccnc(C(=O)NCc2ccc3c(c2)OCO3)c1. The van der Waals surface area contributed by atoms with E-state index >= 15 is 0 Å². The van der Waals surface area contributed by atoms with Gasteiger partial charge in [-0.3, -0.25) is 9.78 Å². The van der Waals surface area contributed by atoms with E-state index in [9.17, 15) is 4.79 Å². The molecule has 2 aromatic carbocycles. The number of fused-ring (bicyclic) bond motifs is 1. The first-order chi connectivity index (χ1) is 14.1. The third-order valence-corrected chi connectivity index (χ3v) is 4.89. The second-order valence-electron chi connectivity index (χ2n) is 6.89. The molecule has 1 aliphatic heterocycles. The van der Waals surface area contributed by atoms with E-state index in [1.54, 1.807) is 12.3 Å². The van der Waals surface area contributed by atoms with E-state index in [2.05, 4.69) is 47.7 Å². The molecule has 29 heavy (non-hydrogen) atoms. The van der Waals surface area contributed by atoms with Crippen LogP contribution in [0.25, 0.3) is 0 Å². The highest BCUT2D eigenvalue weighted by Gasteiger charge is 2.14. The number of amides is 1. The summed E-state index contributed by atoms with van der Waals surface area (Å²) in [5.41, 5.74) is 5.60. The van der Waals surface area contributed by atoms with E-state index in [1.807, 2.05) is 24.3 Å². The maximum atomic E-state index is 12.6. The fourth-order valence-corrected chi connectivity index (χ4v) is 3.30. The van der Waals surface area contributed by atoms with Crippen LogP contribution in [0, 0.1) is 6.92 Å². The van der Waals surface area contributed by atoms with Gasteiger partial charge in [-0.15, -0.1) is 0 Å². The average Bonchev–Trinajstić information content (AvgIpc) is 3.21. The van der Waals surface area contributed by atoms with E-state index in [0.717, 1.165) is 34.7 Å². The summed E-state index contributed by atoms with van der Waals surface area (Å²) >= 11 is 0. The van der Waals surface area contributed by atoms with Crippen LogP contribution in [0.15, 0.2) is 54.7 Å². The quantitative estimate of drug-likeness (QED) is 0.656. The van der Waals surface area contributed by atoms with Crippen molar-refractivity contribution in [2.75, 3.05) is 12.1 Å². The largest absolute Gasteiger partial charge is 0.454 e. The molecule has 0 saturated heterocycles. The molecule has 0 radical (unpaired) electrons. The molecule has 1 amide bonds. The smallest absolute Gasteiger partial charge is 0.270 e. The number of para-hydroxylation sites is 1. The van der Waals surface area contributed by atoms with Crippen LogP contribution in [0.5, 0.6) is 11.5 Å². The molecule has 0 saturated carbocycles. The van der Waals surface area contributed by atoms with Gasteiger partial charge in [0.05, 0.1) is 0 Å². The molecule has 6 heteroatoms. The monoisotopic (exact) mass is 389 g/mol. The second kappa shape index (κ2) is 8.22. The number of benzene rings is 2. The highest BCUT2D eigenvalue weighted by atomic mass is 16.7. The van der Waals surface area contributed by atoms with Gasteiger partial charge in [-0.2, -0.15) is 0 Å². The van der Waals surface area contributed by atoms with Crippen LogP contribution in [0.1, 0.15) is 34.1 Å². The summed E-state index contributed by atoms with van der Waals surface area (Å²) in [4.78, 5) is 16.8. The third-order valence-electron chi connectivity index (χ3n) is 4.89. The molecule has 0 atom stereocenters. The number of hydrogen-bond acceptors (Lipinski definition) is 5. The molecular formula is C23H23N3O3. The Morgan fingerprint density at radius 3 is 2.83 bits per heavy atom. The molecule has 0 fully saturated rings. The molecule has 1 aromatic heterocycles. The fraction of sp³-hybridized carbons (Fsp3) is 0.217. The number of ether oxygens (including phenoxy) is 2. The lowest BCUT2D eigenvalue weighted by molar-refractivity contribution is 0.0946. The number of anilines is 2. The summed E-state index contributed by atoms with van der Waals surface area (Å²) in [5.74, 6) is 1.20. The Balaban J connectivity index is 1.45. The van der Waals surface area contributed by atoms with E-state index in [0.29, 0.717) is 18.0 Å². The van der Waals surface area contributed by atoms with Crippen LogP contribution in [0.3, 0.4) is 0 Å². The summed E-state index contributed by atoms with van der Waals surface area (Å²) in [6, 6.07) is 15.5. The van der Waals surface area contributed by atoms with Gasteiger partial charge >= 0.3 is 0 Å². The highest BCUT2D eigenvalue weighted by Crippen LogP contribution is 2.32. The second-order valence-corrected chi connectivity index (χ2v) is 6.89. The molecule has 0 spiro atoms. The number of carbonyl (C=O) groups excluding carboxylic acids is 1. The lowest BCUT2D eigenvalue weighted by atomic mass is 10.1. The minimum absolute atomic E-state index is 0.230. The molecule has 2 heterocycles. The molecule has 148 valence electrons. The van der Waals surface area contributed by atoms with E-state index in [4.69, 9.17) is 9.47 Å². The number of hydrogen-bond donors (Lipinski definition) is 2. The van der Waals surface area contributed by atoms with E-state index < -0.39 is 0 Å². The van der Waals surface area contributed by atoms with Gasteiger partial charge in [-0.05, 0) is 54.3 Å². The number of aryl methyl sites for hydroxylation is 2. The normalized spacial score (nSPS) is 11.9. The number of nitrogens with zero attached hydrogens (tertiary/aromatic N) is 1. The maximum Gasteiger partial charge on any atom is 0.270 e. The predicted octanol–water partition coefficient (Wildman–Crippen LogP) is 4.35. The zero-order valence-corrected chi connectivity index (χ0v) is 16.5. The van der Waals surface area contributed by atoms with Crippen LogP contribution >= 0.6 is 0 Å². The molecule has 0 unspecified atom stereocenters. The van der Waals surface area contributed by atoms with Gasteiger partial charge in [0, 0.05) is 24.1 Å². The Bertz CT molecular complexity index is 1050. The predicted molar refractivity (Wildman–Crippen MR) is 112 cm³/mol. The maximum absolute atomic E-state index is 12.6. The van der Waals surface area contributed by atoms with Crippen LogP contribution in [-0.4, -0.2) is 17.7 Å². The Labute approximate surface area is 169 Å². The van der Waals surface area contributed by atoms with E-state index in [-0.39, 0.29) is 12.7 Å². The van der Waals surface area contributed by atoms with Crippen LogP contribution in [0.2, 0.25) is 0 Å². The molecule has 0 bridgehead atoms. The van der Waals surface area contributed by atoms with Gasteiger partial charge < -0.3 is 20.1 Å². The van der Waals surface area contributed by atoms with Gasteiger partial charge in [0.1, 0.15) is 5.69 Å². The van der Waals surface area contributed by atoms with Crippen molar-refractivity contribution in [2.24, 2.45) is 0 Å². The number of nitrogens with one attached hydrogen (secondary N) is 2. The first kappa shape index (κ1) is 18.8. The van der Waals surface area contributed by atoms with Crippen molar-refractivity contribution in [3.63, 3.8) is 0 Å². The molecule has 0 aliphatic carbocycles. The summed E-state index contributed by atoms with van der Waals surface area (Å²) in [6.45, 7) is 4.81. The van der Waals surface area contributed by atoms with Crippen molar-refractivity contribution in [3.8, 4) is 11.5 Å². The highest BCUT2D eigenvalue weighted by molar-refractivity contribution is 5.93. The minimum Gasteiger partial charge on any atom is -0.454 e. The molecule has 1 aliphatic rings. The zero-order valence-electron chi connectivity index (χ0n) is 16.5. The van der Waals surface area contributed by atoms with Crippen molar-refractivity contribution in [2.45, 2.75) is 26.8 Å². The summed E-state index contributed by atoms with van der Waals surface area (Å²) in [6.07, 6.45) is 2.57. The lowest BCUT2D eigenvalue weighted by Crippen LogP contribution is -2.23. The Hall–Kier alpha value is -3.54. The number of carbonyl (C=O) groups is 1. The van der Waals surface area contributed by atoms with Crippen molar-refractivity contribution >= 4 is 17.3 Å². The van der Waals surface area contributed by atoms with Crippen molar-refractivity contribution in [1.82, 2.24) is 10.3 Å².